The van der Waals surface area contributed by atoms with Crippen molar-refractivity contribution in [3.63, 3.8) is 0 Å². The summed E-state index contributed by atoms with van der Waals surface area (Å²) in [5, 5.41) is 13.7. The highest BCUT2D eigenvalue weighted by molar-refractivity contribution is 6.31. The van der Waals surface area contributed by atoms with E-state index in [4.69, 9.17) is 16.3 Å². The Balaban J connectivity index is 1.82. The summed E-state index contributed by atoms with van der Waals surface area (Å²) in [5.74, 6) is 0.866. The van der Waals surface area contributed by atoms with E-state index in [-0.39, 0.29) is 11.6 Å². The highest BCUT2D eigenvalue weighted by Crippen LogP contribution is 2.32. The predicted molar refractivity (Wildman–Crippen MR) is 95.8 cm³/mol. The zero-order valence-corrected chi connectivity index (χ0v) is 14.6. The number of methoxy groups -OCH3 is 1. The van der Waals surface area contributed by atoms with Gasteiger partial charge in [0.05, 0.1) is 24.6 Å². The van der Waals surface area contributed by atoms with E-state index in [1.807, 2.05) is 0 Å². The second-order valence-electron chi connectivity index (χ2n) is 5.34. The maximum atomic E-state index is 12.8. The normalized spacial score (nSPS) is 11.1. The van der Waals surface area contributed by atoms with E-state index in [1.54, 1.807) is 18.2 Å². The van der Waals surface area contributed by atoms with Crippen LogP contribution in [0.2, 0.25) is 5.02 Å². The molecular formula is C17H13ClF3N5O. The standard InChI is InChI=1S/C17H13ClF3N5O/c1-27-14-6-5-11(18)8-13(14)24-15-9-22-26-16(25-15)23-12-4-2-3-10(7-12)17(19,20)21/h2-9H,1H3,(H2,23,24,25,26). The fraction of sp³-hybridized carbons (Fsp3) is 0.118. The largest absolute Gasteiger partial charge is 0.495 e. The van der Waals surface area contributed by atoms with Crippen molar-refractivity contribution in [1.82, 2.24) is 15.2 Å². The van der Waals surface area contributed by atoms with Crippen molar-refractivity contribution < 1.29 is 17.9 Å². The Kier molecular flexibility index (Phi) is 5.31. The van der Waals surface area contributed by atoms with E-state index in [1.165, 1.54) is 25.4 Å². The van der Waals surface area contributed by atoms with E-state index in [0.29, 0.717) is 22.3 Å². The molecule has 27 heavy (non-hydrogen) atoms. The molecule has 1 aromatic heterocycles. The monoisotopic (exact) mass is 395 g/mol. The van der Waals surface area contributed by atoms with Gasteiger partial charge in [0.1, 0.15) is 5.75 Å². The molecule has 0 bridgehead atoms. The zero-order chi connectivity index (χ0) is 19.4. The molecular weight excluding hydrogens is 383 g/mol. The Morgan fingerprint density at radius 3 is 2.63 bits per heavy atom. The Labute approximate surface area is 157 Å². The third-order valence-corrected chi connectivity index (χ3v) is 3.66. The van der Waals surface area contributed by atoms with Crippen LogP contribution in [0.15, 0.2) is 48.7 Å². The molecule has 0 unspecified atom stereocenters. The highest BCUT2D eigenvalue weighted by Gasteiger charge is 2.30. The van der Waals surface area contributed by atoms with Gasteiger partial charge in [0, 0.05) is 10.7 Å². The van der Waals surface area contributed by atoms with Crippen LogP contribution in [0, 0.1) is 0 Å². The van der Waals surface area contributed by atoms with Gasteiger partial charge in [0.2, 0.25) is 5.95 Å². The quantitative estimate of drug-likeness (QED) is 0.630. The van der Waals surface area contributed by atoms with Gasteiger partial charge in [-0.15, -0.1) is 5.10 Å². The van der Waals surface area contributed by atoms with Crippen LogP contribution in [0.25, 0.3) is 0 Å². The first-order valence-electron chi connectivity index (χ1n) is 7.60. The number of nitrogens with zero attached hydrogens (tertiary/aromatic N) is 3. The first-order valence-corrected chi connectivity index (χ1v) is 7.97. The minimum Gasteiger partial charge on any atom is -0.495 e. The van der Waals surface area contributed by atoms with E-state index in [9.17, 15) is 13.2 Å². The fourth-order valence-electron chi connectivity index (χ4n) is 2.23. The molecule has 0 saturated heterocycles. The van der Waals surface area contributed by atoms with Crippen LogP contribution in [-0.2, 0) is 6.18 Å². The molecule has 140 valence electrons. The van der Waals surface area contributed by atoms with Gasteiger partial charge in [-0.25, -0.2) is 0 Å². The van der Waals surface area contributed by atoms with Crippen LogP contribution >= 0.6 is 11.6 Å². The fourth-order valence-corrected chi connectivity index (χ4v) is 2.41. The summed E-state index contributed by atoms with van der Waals surface area (Å²) in [5.41, 5.74) is -0.0435. The maximum Gasteiger partial charge on any atom is 0.416 e. The summed E-state index contributed by atoms with van der Waals surface area (Å²) in [6, 6.07) is 9.70. The van der Waals surface area contributed by atoms with Gasteiger partial charge in [-0.1, -0.05) is 17.7 Å². The number of nitrogens with one attached hydrogen (secondary N) is 2. The summed E-state index contributed by atoms with van der Waals surface area (Å²) >= 11 is 5.98. The molecule has 0 aliphatic carbocycles. The van der Waals surface area contributed by atoms with Crippen molar-refractivity contribution in [3.8, 4) is 5.75 Å². The van der Waals surface area contributed by atoms with Gasteiger partial charge in [0.15, 0.2) is 5.82 Å². The van der Waals surface area contributed by atoms with Crippen LogP contribution in [0.3, 0.4) is 0 Å². The number of anilines is 4. The van der Waals surface area contributed by atoms with Gasteiger partial charge >= 0.3 is 6.18 Å². The summed E-state index contributed by atoms with van der Waals surface area (Å²) in [6.45, 7) is 0. The molecule has 6 nitrogen and oxygen atoms in total. The van der Waals surface area contributed by atoms with Crippen LogP contribution in [0.5, 0.6) is 5.75 Å². The molecule has 0 amide bonds. The number of halogens is 4. The maximum absolute atomic E-state index is 12.8. The molecule has 0 radical (unpaired) electrons. The number of hydrogen-bond donors (Lipinski definition) is 2. The third kappa shape index (κ3) is 4.76. The topological polar surface area (TPSA) is 72.0 Å². The lowest BCUT2D eigenvalue weighted by Gasteiger charge is -2.12. The molecule has 3 rings (SSSR count). The molecule has 2 N–H and O–H groups in total. The Bertz CT molecular complexity index is 952. The molecule has 0 fully saturated rings. The lowest BCUT2D eigenvalue weighted by atomic mass is 10.2. The van der Waals surface area contributed by atoms with Gasteiger partial charge < -0.3 is 15.4 Å². The van der Waals surface area contributed by atoms with Crippen molar-refractivity contribution in [1.29, 1.82) is 0 Å². The lowest BCUT2D eigenvalue weighted by molar-refractivity contribution is -0.137. The van der Waals surface area contributed by atoms with Gasteiger partial charge in [0.25, 0.3) is 0 Å². The molecule has 0 spiro atoms. The Morgan fingerprint density at radius 2 is 1.89 bits per heavy atom. The van der Waals surface area contributed by atoms with E-state index in [0.717, 1.165) is 12.1 Å². The molecule has 3 aromatic rings. The molecule has 0 atom stereocenters. The van der Waals surface area contributed by atoms with Crippen LogP contribution in [-0.4, -0.2) is 22.3 Å². The second-order valence-corrected chi connectivity index (χ2v) is 5.77. The molecule has 2 aromatic carbocycles. The SMILES string of the molecule is COc1ccc(Cl)cc1Nc1cnnc(Nc2cccc(C(F)(F)F)c2)n1. The summed E-state index contributed by atoms with van der Waals surface area (Å²) < 4.78 is 43.7. The lowest BCUT2D eigenvalue weighted by Crippen LogP contribution is -2.06. The number of rotatable bonds is 5. The van der Waals surface area contributed by atoms with Gasteiger partial charge in [-0.2, -0.15) is 23.3 Å². The minimum atomic E-state index is -4.44. The van der Waals surface area contributed by atoms with Crippen molar-refractivity contribution in [2.24, 2.45) is 0 Å². The van der Waals surface area contributed by atoms with Crippen molar-refractivity contribution in [2.45, 2.75) is 6.18 Å². The zero-order valence-electron chi connectivity index (χ0n) is 13.9. The smallest absolute Gasteiger partial charge is 0.416 e. The number of benzene rings is 2. The van der Waals surface area contributed by atoms with E-state index in [2.05, 4.69) is 25.8 Å². The molecule has 1 heterocycles. The van der Waals surface area contributed by atoms with Crippen molar-refractivity contribution in [2.75, 3.05) is 17.7 Å². The predicted octanol–water partition coefficient (Wildman–Crippen LogP) is 5.04. The third-order valence-electron chi connectivity index (χ3n) is 3.43. The highest BCUT2D eigenvalue weighted by atomic mass is 35.5. The van der Waals surface area contributed by atoms with Crippen molar-refractivity contribution in [3.05, 3.63) is 59.2 Å². The average Bonchev–Trinajstić information content (AvgIpc) is 2.62. The minimum absolute atomic E-state index is 0.0281. The first-order chi connectivity index (χ1) is 12.8. The first kappa shape index (κ1) is 18.7. The number of alkyl halides is 3. The van der Waals surface area contributed by atoms with Gasteiger partial charge in [-0.05, 0) is 36.4 Å². The molecule has 10 heteroatoms. The molecule has 0 saturated carbocycles. The molecule has 0 aliphatic heterocycles. The average molecular weight is 396 g/mol. The van der Waals surface area contributed by atoms with Crippen molar-refractivity contribution >= 4 is 34.7 Å². The number of ether oxygens (including phenoxy) is 1. The number of hydrogen-bond acceptors (Lipinski definition) is 6. The van der Waals surface area contributed by atoms with Gasteiger partial charge in [-0.3, -0.25) is 0 Å². The number of aromatic nitrogens is 3. The van der Waals surface area contributed by atoms with Crippen LogP contribution < -0.4 is 15.4 Å². The van der Waals surface area contributed by atoms with E-state index >= 15 is 0 Å². The Morgan fingerprint density at radius 1 is 1.07 bits per heavy atom. The second kappa shape index (κ2) is 7.67. The van der Waals surface area contributed by atoms with E-state index < -0.39 is 11.7 Å². The Hall–Kier alpha value is -3.07. The van der Waals surface area contributed by atoms with Crippen LogP contribution in [0.1, 0.15) is 5.56 Å². The summed E-state index contributed by atoms with van der Waals surface area (Å²) in [4.78, 5) is 4.18. The molecule has 0 aliphatic rings. The summed E-state index contributed by atoms with van der Waals surface area (Å²) in [6.07, 6.45) is -3.08. The van der Waals surface area contributed by atoms with Crippen LogP contribution in [0.4, 0.5) is 36.3 Å². The summed E-state index contributed by atoms with van der Waals surface area (Å²) in [7, 11) is 1.51.